The molecule has 2 aromatic carbocycles. The zero-order valence-corrected chi connectivity index (χ0v) is 28.1. The molecule has 9 atom stereocenters. The van der Waals surface area contributed by atoms with Crippen LogP contribution in [-0.2, 0) is 30.7 Å². The Morgan fingerprint density at radius 2 is 1.81 bits per heavy atom. The Bertz CT molecular complexity index is 1640. The van der Waals surface area contributed by atoms with Crippen molar-refractivity contribution in [3.05, 3.63) is 65.0 Å². The van der Waals surface area contributed by atoms with E-state index < -0.39 is 57.0 Å². The van der Waals surface area contributed by atoms with Crippen LogP contribution in [0.3, 0.4) is 0 Å². The molecule has 0 radical (unpaired) electrons. The highest BCUT2D eigenvalue weighted by Crippen LogP contribution is 2.54. The largest absolute Gasteiger partial charge is 0.453 e. The van der Waals surface area contributed by atoms with Gasteiger partial charge < -0.3 is 25.4 Å². The first-order valence-corrected chi connectivity index (χ1v) is 18.2. The van der Waals surface area contributed by atoms with E-state index in [4.69, 9.17) is 9.47 Å². The van der Waals surface area contributed by atoms with Crippen LogP contribution in [0.15, 0.2) is 36.4 Å². The minimum Gasteiger partial charge on any atom is -0.453 e. The summed E-state index contributed by atoms with van der Waals surface area (Å²) < 4.78 is 83.1. The van der Waals surface area contributed by atoms with Crippen molar-refractivity contribution in [2.24, 2.45) is 11.8 Å². The summed E-state index contributed by atoms with van der Waals surface area (Å²) in [5, 5.41) is 8.86. The molecule has 262 valence electrons. The number of halogens is 3. The molecule has 1 saturated carbocycles. The number of rotatable bonds is 8. The van der Waals surface area contributed by atoms with Gasteiger partial charge in [-0.2, -0.15) is 4.31 Å². The van der Waals surface area contributed by atoms with E-state index in [2.05, 4.69) is 16.0 Å². The number of nitrogens with zero attached hydrogens (tertiary/aromatic N) is 1. The molecule has 2 amide bonds. The average Bonchev–Trinajstić information content (AvgIpc) is 3.74. The van der Waals surface area contributed by atoms with E-state index in [1.807, 2.05) is 13.8 Å². The number of ether oxygens (including phenoxy) is 2. The summed E-state index contributed by atoms with van der Waals surface area (Å²) in [5.74, 6) is -4.50. The second-order valence-electron chi connectivity index (χ2n) is 13.8. The van der Waals surface area contributed by atoms with Gasteiger partial charge in [-0.05, 0) is 94.0 Å². The third-order valence-electron chi connectivity index (χ3n) is 10.6. The molecule has 10 nitrogen and oxygen atoms in total. The van der Waals surface area contributed by atoms with Gasteiger partial charge in [0.25, 0.3) is 0 Å². The van der Waals surface area contributed by atoms with Crippen molar-refractivity contribution in [3.8, 4) is 0 Å². The summed E-state index contributed by atoms with van der Waals surface area (Å²) in [6, 6.07) is 6.70. The number of amides is 2. The highest BCUT2D eigenvalue weighted by molar-refractivity contribution is 7.89. The molecule has 0 aromatic heterocycles. The minimum absolute atomic E-state index is 0.0109. The number of sulfonamides is 1. The molecule has 1 aliphatic carbocycles. The number of carbonyl (C=O) groups is 2. The Morgan fingerprint density at radius 1 is 1.10 bits per heavy atom. The maximum Gasteiger partial charge on any atom is 0.407 e. The first-order valence-electron chi connectivity index (χ1n) is 16.6. The second-order valence-corrected chi connectivity index (χ2v) is 15.8. The number of hydrogen-bond acceptors (Lipinski definition) is 7. The summed E-state index contributed by atoms with van der Waals surface area (Å²) >= 11 is 0. The topological polar surface area (TPSA) is 126 Å². The van der Waals surface area contributed by atoms with Gasteiger partial charge in [-0.1, -0.05) is 12.1 Å². The van der Waals surface area contributed by atoms with Gasteiger partial charge >= 0.3 is 6.09 Å². The number of hydrogen-bond donors (Lipinski definition) is 3. The Labute approximate surface area is 279 Å². The number of nitrogens with one attached hydrogen (secondary N) is 3. The molecule has 3 N–H and O–H groups in total. The zero-order chi connectivity index (χ0) is 34.4. The van der Waals surface area contributed by atoms with Crippen molar-refractivity contribution < 1.29 is 40.7 Å². The Kier molecular flexibility index (Phi) is 9.82. The van der Waals surface area contributed by atoms with E-state index in [-0.39, 0.29) is 53.5 Å². The molecule has 14 heteroatoms. The fourth-order valence-corrected chi connectivity index (χ4v) is 10.3. The van der Waals surface area contributed by atoms with Crippen LogP contribution in [0, 0.1) is 29.3 Å². The molecule has 4 aliphatic rings. The van der Waals surface area contributed by atoms with Gasteiger partial charge in [-0.25, -0.2) is 26.4 Å². The van der Waals surface area contributed by atoms with Crippen molar-refractivity contribution in [1.29, 1.82) is 0 Å². The van der Waals surface area contributed by atoms with Crippen LogP contribution >= 0.6 is 0 Å². The normalized spacial score (nSPS) is 32.0. The maximum atomic E-state index is 15.6. The number of methoxy groups -OCH3 is 1. The van der Waals surface area contributed by atoms with Crippen molar-refractivity contribution in [2.45, 2.75) is 88.1 Å². The molecule has 3 aliphatic heterocycles. The summed E-state index contributed by atoms with van der Waals surface area (Å²) in [7, 11) is -2.35. The van der Waals surface area contributed by atoms with Crippen molar-refractivity contribution in [2.75, 3.05) is 31.3 Å². The second kappa shape index (κ2) is 13.6. The number of carbonyl (C=O) groups excluding carboxylic acids is 2. The maximum absolute atomic E-state index is 15.6. The van der Waals surface area contributed by atoms with E-state index >= 15 is 4.39 Å². The highest BCUT2D eigenvalue weighted by Gasteiger charge is 2.63. The highest BCUT2D eigenvalue weighted by atomic mass is 32.2. The van der Waals surface area contributed by atoms with Crippen molar-refractivity contribution in [1.82, 2.24) is 14.9 Å². The van der Waals surface area contributed by atoms with Gasteiger partial charge in [-0.15, -0.1) is 0 Å². The van der Waals surface area contributed by atoms with E-state index in [9.17, 15) is 26.8 Å². The number of benzene rings is 2. The van der Waals surface area contributed by atoms with Crippen LogP contribution in [0.5, 0.6) is 0 Å². The lowest BCUT2D eigenvalue weighted by Gasteiger charge is -2.40. The molecule has 48 heavy (non-hydrogen) atoms. The zero-order valence-electron chi connectivity index (χ0n) is 27.3. The van der Waals surface area contributed by atoms with E-state index in [1.165, 1.54) is 25.3 Å². The summed E-state index contributed by atoms with van der Waals surface area (Å²) in [6.45, 7) is 4.59. The summed E-state index contributed by atoms with van der Waals surface area (Å²) in [5.41, 5.74) is -0.210. The fraction of sp³-hybridized carbons (Fsp3) is 0.588. The molecular weight excluding hydrogens is 649 g/mol. The predicted molar refractivity (Wildman–Crippen MR) is 172 cm³/mol. The molecule has 2 bridgehead atoms. The van der Waals surface area contributed by atoms with Crippen LogP contribution in [0.25, 0.3) is 0 Å². The number of fused-ring (bicyclic) bond motifs is 3. The van der Waals surface area contributed by atoms with Crippen LogP contribution in [0.2, 0.25) is 0 Å². The molecule has 3 unspecified atom stereocenters. The standard InChI is InChI=1S/C34H43F3N4O6S/c1-19-13-22(14-20(2)47-19)29(21-6-8-24(35)9-7-21)31(40-33(43)46-3)32(42)39-28-11-10-27(36)30(37)26(28)15-23-16-34(23)18-38-25-5-4-12-48(44,45)41(34)17-25/h6-11,19-20,22-23,25,29,31,38H,4-5,12-18H2,1-3H3,(H,39,42)(H,40,43)/t19-,20+,22?,23-,25-,29+,31+,34?/m1/s1. The SMILES string of the molecule is COC(=O)N[C@H](C(=O)Nc1ccc(F)c(F)c1C[C@@H]1CC12CN[C@@H]1CCCS(=O)(=O)N2C1)[C@@H](c1ccc(F)cc1)C1C[C@@H](C)O[C@@H](C)C1. The first-order chi connectivity index (χ1) is 22.8. The Hall–Kier alpha value is -3.20. The fourth-order valence-electron chi connectivity index (χ4n) is 8.26. The lowest BCUT2D eigenvalue weighted by molar-refractivity contribution is -0.120. The van der Waals surface area contributed by atoms with Gasteiger partial charge in [0.2, 0.25) is 15.9 Å². The third kappa shape index (κ3) is 6.94. The third-order valence-corrected chi connectivity index (χ3v) is 12.6. The molecule has 1 spiro atoms. The monoisotopic (exact) mass is 692 g/mol. The predicted octanol–water partition coefficient (Wildman–Crippen LogP) is 4.45. The van der Waals surface area contributed by atoms with Gasteiger partial charge in [0.1, 0.15) is 11.9 Å². The van der Waals surface area contributed by atoms with E-state index in [0.29, 0.717) is 44.3 Å². The van der Waals surface area contributed by atoms with Crippen molar-refractivity contribution in [3.63, 3.8) is 0 Å². The smallest absolute Gasteiger partial charge is 0.407 e. The van der Waals surface area contributed by atoms with Gasteiger partial charge in [-0.3, -0.25) is 4.79 Å². The lowest BCUT2D eigenvalue weighted by Crippen LogP contribution is -2.59. The molecule has 3 heterocycles. The van der Waals surface area contributed by atoms with Crippen molar-refractivity contribution >= 4 is 27.7 Å². The van der Waals surface area contributed by atoms with Crippen LogP contribution in [-0.4, -0.2) is 80.5 Å². The van der Waals surface area contributed by atoms with E-state index in [1.54, 1.807) is 16.4 Å². The van der Waals surface area contributed by atoms with Crippen LogP contribution < -0.4 is 16.0 Å². The van der Waals surface area contributed by atoms with Gasteiger partial charge in [0, 0.05) is 36.3 Å². The Morgan fingerprint density at radius 3 is 2.50 bits per heavy atom. The van der Waals surface area contributed by atoms with Crippen LogP contribution in [0.4, 0.5) is 23.7 Å². The minimum atomic E-state index is -3.52. The molecule has 6 rings (SSSR count). The summed E-state index contributed by atoms with van der Waals surface area (Å²) in [4.78, 5) is 26.9. The Balaban J connectivity index is 1.31. The van der Waals surface area contributed by atoms with Crippen LogP contribution in [0.1, 0.15) is 63.0 Å². The van der Waals surface area contributed by atoms with Gasteiger partial charge in [0.15, 0.2) is 11.6 Å². The number of anilines is 1. The quantitative estimate of drug-likeness (QED) is 0.373. The number of piperazine rings is 1. The number of alkyl carbamates (subject to hydrolysis) is 1. The molecule has 2 aromatic rings. The average molecular weight is 693 g/mol. The van der Waals surface area contributed by atoms with E-state index in [0.717, 1.165) is 12.5 Å². The van der Waals surface area contributed by atoms with Gasteiger partial charge in [0.05, 0.1) is 30.6 Å². The summed E-state index contributed by atoms with van der Waals surface area (Å²) in [6.07, 6.45) is 1.68. The molecule has 4 fully saturated rings. The first kappa shape index (κ1) is 34.7. The molecular formula is C34H43F3N4O6S. The lowest BCUT2D eigenvalue weighted by atomic mass is 9.74. The molecule has 3 saturated heterocycles.